The smallest absolute Gasteiger partial charge is 0.136 e. The van der Waals surface area contributed by atoms with Gasteiger partial charge in [-0.05, 0) is 160 Å². The molecule has 1 aromatic heterocycles. The van der Waals surface area contributed by atoms with Gasteiger partial charge in [0.15, 0.2) is 0 Å². The maximum Gasteiger partial charge on any atom is 0.136 e. The van der Waals surface area contributed by atoms with Crippen LogP contribution in [0.4, 0.5) is 17.1 Å². The van der Waals surface area contributed by atoms with Crippen LogP contribution in [-0.2, 0) is 10.8 Å². The van der Waals surface area contributed by atoms with Crippen LogP contribution in [0.15, 0.2) is 192 Å². The Balaban J connectivity index is 0.967. The number of para-hydroxylation sites is 1. The Morgan fingerprint density at radius 3 is 1.79 bits per heavy atom. The molecule has 2 nitrogen and oxygen atoms in total. The van der Waals surface area contributed by atoms with E-state index in [-0.39, 0.29) is 10.8 Å². The molecule has 0 aliphatic heterocycles. The van der Waals surface area contributed by atoms with E-state index in [0.29, 0.717) is 11.8 Å². The molecule has 8 aromatic carbocycles. The van der Waals surface area contributed by atoms with E-state index in [4.69, 9.17) is 4.42 Å². The largest absolute Gasteiger partial charge is 0.456 e. The highest BCUT2D eigenvalue weighted by Gasteiger charge is 2.62. The number of hydrogen-bond acceptors (Lipinski definition) is 2. The second kappa shape index (κ2) is 13.9. The summed E-state index contributed by atoms with van der Waals surface area (Å²) in [5.41, 5.74) is 18.8. The standard InChI is InChI=1S/C61H51NO/c1-60(2)53-22-9-10-23-54(53)61(44-33-39-32-40(35-44)36-45(61)34-39)55-31-30-48(38-56(55)60)62(47-17-12-16-43(37-47)41-14-4-3-5-15-41)46-28-26-42(27-29-46)49-18-6-7-19-50(49)51-21-13-25-58-59(51)52-20-8-11-24-57(52)63-58/h3-31,37-40,44-45H,32-36H2,1-2H3. The summed E-state index contributed by atoms with van der Waals surface area (Å²) in [6, 6.07) is 70.1. The minimum Gasteiger partial charge on any atom is -0.456 e. The SMILES string of the molecule is CC1(C)c2ccccc2C2(c3ccc(N(c4ccc(-c5ccccc5-c5cccc6oc7ccccc7c56)cc4)c4cccc(-c5ccccc5)c4)cc31)C1CC3CC(C1)CC2C3. The predicted molar refractivity (Wildman–Crippen MR) is 261 cm³/mol. The summed E-state index contributed by atoms with van der Waals surface area (Å²) in [4.78, 5) is 2.50. The highest BCUT2D eigenvalue weighted by molar-refractivity contribution is 6.13. The minimum absolute atomic E-state index is 0.0908. The fraction of sp³-hybridized carbons (Fsp3) is 0.213. The first-order chi connectivity index (χ1) is 30.9. The molecule has 9 aromatic rings. The van der Waals surface area contributed by atoms with E-state index < -0.39 is 0 Å². The molecule has 1 spiro atoms. The average Bonchev–Trinajstić information content (AvgIpc) is 3.71. The van der Waals surface area contributed by atoms with Gasteiger partial charge in [-0.1, -0.05) is 153 Å². The maximum atomic E-state index is 6.34. The van der Waals surface area contributed by atoms with Gasteiger partial charge in [-0.3, -0.25) is 0 Å². The van der Waals surface area contributed by atoms with Gasteiger partial charge in [0.1, 0.15) is 11.2 Å². The van der Waals surface area contributed by atoms with Gasteiger partial charge >= 0.3 is 0 Å². The Labute approximate surface area is 370 Å². The lowest BCUT2D eigenvalue weighted by Crippen LogP contribution is -2.58. The Bertz CT molecular complexity index is 3200. The second-order valence-corrected chi connectivity index (χ2v) is 19.7. The lowest BCUT2D eigenvalue weighted by Gasteiger charge is -2.64. The Morgan fingerprint density at radius 1 is 0.413 bits per heavy atom. The van der Waals surface area contributed by atoms with Gasteiger partial charge in [0, 0.05) is 38.7 Å². The van der Waals surface area contributed by atoms with Crippen LogP contribution in [0.5, 0.6) is 0 Å². The number of fused-ring (bicyclic) bond motifs is 5. The van der Waals surface area contributed by atoms with Gasteiger partial charge in [-0.25, -0.2) is 0 Å². The third-order valence-electron chi connectivity index (χ3n) is 16.1. The van der Waals surface area contributed by atoms with Crippen molar-refractivity contribution in [3.63, 3.8) is 0 Å². The van der Waals surface area contributed by atoms with Crippen molar-refractivity contribution in [3.05, 3.63) is 210 Å². The van der Waals surface area contributed by atoms with Crippen molar-refractivity contribution in [2.24, 2.45) is 23.7 Å². The van der Waals surface area contributed by atoms with Crippen molar-refractivity contribution in [1.82, 2.24) is 0 Å². The Morgan fingerprint density at radius 2 is 1.00 bits per heavy atom. The van der Waals surface area contributed by atoms with Crippen LogP contribution in [0.25, 0.3) is 55.3 Å². The molecule has 306 valence electrons. The molecule has 4 saturated carbocycles. The third-order valence-corrected chi connectivity index (χ3v) is 16.1. The van der Waals surface area contributed by atoms with E-state index in [2.05, 4.69) is 201 Å². The molecule has 0 amide bonds. The van der Waals surface area contributed by atoms with Crippen LogP contribution in [0, 0.1) is 23.7 Å². The van der Waals surface area contributed by atoms with Gasteiger partial charge < -0.3 is 9.32 Å². The molecule has 1 heterocycles. The fourth-order valence-electron chi connectivity index (χ4n) is 13.7. The highest BCUT2D eigenvalue weighted by atomic mass is 16.3. The molecule has 0 unspecified atom stereocenters. The van der Waals surface area contributed by atoms with Crippen molar-refractivity contribution < 1.29 is 4.42 Å². The van der Waals surface area contributed by atoms with Crippen molar-refractivity contribution in [1.29, 1.82) is 0 Å². The van der Waals surface area contributed by atoms with Crippen LogP contribution in [0.2, 0.25) is 0 Å². The van der Waals surface area contributed by atoms with Crippen LogP contribution in [0.3, 0.4) is 0 Å². The molecule has 4 bridgehead atoms. The molecular formula is C61H51NO. The summed E-state index contributed by atoms with van der Waals surface area (Å²) in [5.74, 6) is 3.24. The van der Waals surface area contributed by atoms with E-state index in [1.807, 2.05) is 6.07 Å². The molecule has 14 rings (SSSR count). The zero-order chi connectivity index (χ0) is 41.9. The predicted octanol–water partition coefficient (Wildman–Crippen LogP) is 16.4. The Kier molecular flexibility index (Phi) is 8.17. The lowest BCUT2D eigenvalue weighted by molar-refractivity contribution is -0.0443. The molecule has 2 heteroatoms. The number of benzene rings is 8. The van der Waals surface area contributed by atoms with Crippen molar-refractivity contribution >= 4 is 39.0 Å². The molecule has 4 fully saturated rings. The van der Waals surface area contributed by atoms with E-state index >= 15 is 0 Å². The maximum absolute atomic E-state index is 6.34. The number of hydrogen-bond donors (Lipinski definition) is 0. The first kappa shape index (κ1) is 37.0. The average molecular weight is 814 g/mol. The van der Waals surface area contributed by atoms with Gasteiger partial charge in [-0.2, -0.15) is 0 Å². The summed E-state index contributed by atoms with van der Waals surface area (Å²) in [6.45, 7) is 4.97. The van der Waals surface area contributed by atoms with Crippen LogP contribution in [-0.4, -0.2) is 0 Å². The number of nitrogens with zero attached hydrogens (tertiary/aromatic N) is 1. The summed E-state index contributed by atoms with van der Waals surface area (Å²) < 4.78 is 6.34. The summed E-state index contributed by atoms with van der Waals surface area (Å²) in [7, 11) is 0. The normalized spacial score (nSPS) is 22.6. The van der Waals surface area contributed by atoms with Gasteiger partial charge in [0.05, 0.1) is 0 Å². The van der Waals surface area contributed by atoms with Gasteiger partial charge in [-0.15, -0.1) is 0 Å². The van der Waals surface area contributed by atoms with E-state index in [1.165, 1.54) is 82.3 Å². The van der Waals surface area contributed by atoms with Crippen LogP contribution >= 0.6 is 0 Å². The first-order valence-electron chi connectivity index (χ1n) is 23.3. The molecule has 0 saturated heterocycles. The van der Waals surface area contributed by atoms with E-state index in [1.54, 1.807) is 11.1 Å². The number of anilines is 3. The summed E-state index contributed by atoms with van der Waals surface area (Å²) >= 11 is 0. The molecule has 5 aliphatic carbocycles. The second-order valence-electron chi connectivity index (χ2n) is 19.7. The Hall–Kier alpha value is -6.64. The number of furan rings is 1. The van der Waals surface area contributed by atoms with Crippen molar-refractivity contribution in [2.75, 3.05) is 4.90 Å². The minimum atomic E-state index is -0.143. The molecular weight excluding hydrogens is 763 g/mol. The summed E-state index contributed by atoms with van der Waals surface area (Å²) in [6.07, 6.45) is 6.98. The molecule has 0 atom stereocenters. The van der Waals surface area contributed by atoms with Crippen LogP contribution < -0.4 is 4.90 Å². The first-order valence-corrected chi connectivity index (χ1v) is 23.3. The zero-order valence-electron chi connectivity index (χ0n) is 36.1. The van der Waals surface area contributed by atoms with Crippen molar-refractivity contribution in [2.45, 2.75) is 56.8 Å². The van der Waals surface area contributed by atoms with Crippen LogP contribution in [0.1, 0.15) is 68.2 Å². The monoisotopic (exact) mass is 813 g/mol. The number of rotatable bonds is 6. The highest BCUT2D eigenvalue weighted by Crippen LogP contribution is 2.69. The van der Waals surface area contributed by atoms with E-state index in [0.717, 1.165) is 45.1 Å². The molecule has 0 radical (unpaired) electrons. The molecule has 5 aliphatic rings. The molecule has 0 N–H and O–H groups in total. The van der Waals surface area contributed by atoms with Crippen molar-refractivity contribution in [3.8, 4) is 33.4 Å². The van der Waals surface area contributed by atoms with Gasteiger partial charge in [0.25, 0.3) is 0 Å². The quantitative estimate of drug-likeness (QED) is 0.166. The van der Waals surface area contributed by atoms with Gasteiger partial charge in [0.2, 0.25) is 0 Å². The molecule has 63 heavy (non-hydrogen) atoms. The zero-order valence-corrected chi connectivity index (χ0v) is 36.1. The van der Waals surface area contributed by atoms with E-state index in [9.17, 15) is 0 Å². The topological polar surface area (TPSA) is 16.4 Å². The summed E-state index contributed by atoms with van der Waals surface area (Å²) in [5, 5.41) is 2.31. The lowest BCUT2D eigenvalue weighted by atomic mass is 9.39. The third kappa shape index (κ3) is 5.50. The fourth-order valence-corrected chi connectivity index (χ4v) is 13.7.